The Kier molecular flexibility index (Phi) is 2.95. The van der Waals surface area contributed by atoms with Crippen LogP contribution in [-0.4, -0.2) is 9.97 Å². The summed E-state index contributed by atoms with van der Waals surface area (Å²) in [5.74, 6) is 0.0854. The molecule has 0 N–H and O–H groups in total. The van der Waals surface area contributed by atoms with Crippen LogP contribution in [0.2, 0.25) is 4.34 Å². The third-order valence-electron chi connectivity index (χ3n) is 1.85. The van der Waals surface area contributed by atoms with Crippen molar-refractivity contribution in [1.82, 2.24) is 9.97 Å². The Labute approximate surface area is 96.0 Å². The van der Waals surface area contributed by atoms with Gasteiger partial charge >= 0.3 is 0 Å². The summed E-state index contributed by atoms with van der Waals surface area (Å²) in [6.45, 7) is 0. The van der Waals surface area contributed by atoms with Crippen molar-refractivity contribution in [2.45, 2.75) is 5.92 Å². The summed E-state index contributed by atoms with van der Waals surface area (Å²) >= 11 is 7.20. The van der Waals surface area contributed by atoms with Crippen molar-refractivity contribution in [2.75, 3.05) is 0 Å². The SMILES string of the molecule is N#CC(c1ncccn1)c1ccc(Cl)s1. The first-order chi connectivity index (χ1) is 7.31. The topological polar surface area (TPSA) is 49.6 Å². The predicted molar refractivity (Wildman–Crippen MR) is 58.8 cm³/mol. The number of hydrogen-bond acceptors (Lipinski definition) is 4. The van der Waals surface area contributed by atoms with Gasteiger partial charge in [-0.3, -0.25) is 0 Å². The maximum absolute atomic E-state index is 9.08. The second kappa shape index (κ2) is 4.39. The van der Waals surface area contributed by atoms with Crippen molar-refractivity contribution in [3.05, 3.63) is 45.6 Å². The molecule has 2 heterocycles. The molecule has 0 aliphatic rings. The highest BCUT2D eigenvalue weighted by Crippen LogP contribution is 2.30. The molecule has 2 rings (SSSR count). The highest BCUT2D eigenvalue weighted by Gasteiger charge is 2.17. The Hall–Kier alpha value is -1.44. The molecule has 0 radical (unpaired) electrons. The van der Waals surface area contributed by atoms with Gasteiger partial charge in [-0.05, 0) is 18.2 Å². The summed E-state index contributed by atoms with van der Waals surface area (Å²) in [5.41, 5.74) is 0. The molecule has 3 nitrogen and oxygen atoms in total. The standard InChI is InChI=1S/C10H6ClN3S/c11-9-3-2-8(15-9)7(6-12)10-13-4-1-5-14-10/h1-5,7H. The molecule has 1 atom stereocenters. The van der Waals surface area contributed by atoms with E-state index in [0.29, 0.717) is 10.2 Å². The summed E-state index contributed by atoms with van der Waals surface area (Å²) in [7, 11) is 0. The minimum atomic E-state index is -0.427. The summed E-state index contributed by atoms with van der Waals surface area (Å²) in [4.78, 5) is 9.00. The zero-order valence-corrected chi connectivity index (χ0v) is 9.16. The zero-order valence-electron chi connectivity index (χ0n) is 7.59. The molecular weight excluding hydrogens is 230 g/mol. The lowest BCUT2D eigenvalue weighted by Crippen LogP contribution is -2.01. The second-order valence-electron chi connectivity index (χ2n) is 2.81. The van der Waals surface area contributed by atoms with Crippen molar-refractivity contribution >= 4 is 22.9 Å². The fourth-order valence-corrected chi connectivity index (χ4v) is 2.30. The number of hydrogen-bond donors (Lipinski definition) is 0. The van der Waals surface area contributed by atoms with E-state index in [0.717, 1.165) is 4.88 Å². The second-order valence-corrected chi connectivity index (χ2v) is 4.56. The lowest BCUT2D eigenvalue weighted by atomic mass is 10.1. The van der Waals surface area contributed by atoms with E-state index < -0.39 is 5.92 Å². The molecule has 15 heavy (non-hydrogen) atoms. The smallest absolute Gasteiger partial charge is 0.150 e. The molecule has 0 aromatic carbocycles. The lowest BCUT2D eigenvalue weighted by Gasteiger charge is -2.03. The first-order valence-corrected chi connectivity index (χ1v) is 5.42. The van der Waals surface area contributed by atoms with E-state index in [4.69, 9.17) is 16.9 Å². The van der Waals surface area contributed by atoms with Gasteiger partial charge in [-0.1, -0.05) is 11.6 Å². The molecule has 0 saturated heterocycles. The molecule has 2 aromatic heterocycles. The normalized spacial score (nSPS) is 12.0. The van der Waals surface area contributed by atoms with Gasteiger partial charge in [-0.15, -0.1) is 11.3 Å². The largest absolute Gasteiger partial charge is 0.240 e. The summed E-state index contributed by atoms with van der Waals surface area (Å²) < 4.78 is 0.668. The lowest BCUT2D eigenvalue weighted by molar-refractivity contribution is 0.904. The van der Waals surface area contributed by atoms with E-state index in [9.17, 15) is 0 Å². The number of aromatic nitrogens is 2. The maximum atomic E-state index is 9.08. The van der Waals surface area contributed by atoms with Gasteiger partial charge < -0.3 is 0 Å². The Bertz CT molecular complexity index is 489. The summed E-state index contributed by atoms with van der Waals surface area (Å²) in [5, 5.41) is 9.08. The van der Waals surface area contributed by atoms with Gasteiger partial charge in [-0.2, -0.15) is 5.26 Å². The molecule has 0 amide bonds. The van der Waals surface area contributed by atoms with Crippen LogP contribution < -0.4 is 0 Å². The van der Waals surface area contributed by atoms with Crippen LogP contribution in [0, 0.1) is 11.3 Å². The molecule has 2 aromatic rings. The molecule has 5 heteroatoms. The van der Waals surface area contributed by atoms with Gasteiger partial charge in [0.05, 0.1) is 10.4 Å². The van der Waals surface area contributed by atoms with Gasteiger partial charge in [0, 0.05) is 17.3 Å². The van der Waals surface area contributed by atoms with Gasteiger partial charge in [0.25, 0.3) is 0 Å². The highest BCUT2D eigenvalue weighted by molar-refractivity contribution is 7.16. The van der Waals surface area contributed by atoms with Crippen LogP contribution in [0.1, 0.15) is 16.6 Å². The van der Waals surface area contributed by atoms with Crippen LogP contribution in [0.25, 0.3) is 0 Å². The Morgan fingerprint density at radius 1 is 1.33 bits per heavy atom. The number of rotatable bonds is 2. The average molecular weight is 236 g/mol. The first-order valence-electron chi connectivity index (χ1n) is 4.23. The van der Waals surface area contributed by atoms with Crippen molar-refractivity contribution in [3.8, 4) is 6.07 Å². The Morgan fingerprint density at radius 2 is 2.07 bits per heavy atom. The van der Waals surface area contributed by atoms with E-state index in [2.05, 4.69) is 16.0 Å². The van der Waals surface area contributed by atoms with Crippen LogP contribution in [0.4, 0.5) is 0 Å². The van der Waals surface area contributed by atoms with Gasteiger partial charge in [0.15, 0.2) is 5.82 Å². The quantitative estimate of drug-likeness (QED) is 0.804. The molecule has 0 aliphatic heterocycles. The van der Waals surface area contributed by atoms with Crippen molar-refractivity contribution in [3.63, 3.8) is 0 Å². The van der Waals surface area contributed by atoms with Crippen molar-refractivity contribution < 1.29 is 0 Å². The molecule has 0 bridgehead atoms. The van der Waals surface area contributed by atoms with Gasteiger partial charge in [0.1, 0.15) is 5.92 Å². The minimum Gasteiger partial charge on any atom is -0.240 e. The number of thiophene rings is 1. The third kappa shape index (κ3) is 2.14. The van der Waals surface area contributed by atoms with E-state index in [-0.39, 0.29) is 0 Å². The zero-order chi connectivity index (χ0) is 10.7. The maximum Gasteiger partial charge on any atom is 0.150 e. The number of nitrogens with zero attached hydrogens (tertiary/aromatic N) is 3. The molecule has 74 valence electrons. The fourth-order valence-electron chi connectivity index (χ4n) is 1.19. The van der Waals surface area contributed by atoms with E-state index >= 15 is 0 Å². The van der Waals surface area contributed by atoms with E-state index in [1.807, 2.05) is 6.07 Å². The van der Waals surface area contributed by atoms with Crippen LogP contribution >= 0.6 is 22.9 Å². The molecule has 0 spiro atoms. The van der Waals surface area contributed by atoms with Crippen LogP contribution in [0.3, 0.4) is 0 Å². The van der Waals surface area contributed by atoms with Gasteiger partial charge in [0.2, 0.25) is 0 Å². The van der Waals surface area contributed by atoms with Crippen molar-refractivity contribution in [1.29, 1.82) is 5.26 Å². The van der Waals surface area contributed by atoms with Crippen LogP contribution in [0.15, 0.2) is 30.6 Å². The Morgan fingerprint density at radius 3 is 2.60 bits per heavy atom. The third-order valence-corrected chi connectivity index (χ3v) is 3.15. The van der Waals surface area contributed by atoms with E-state index in [1.165, 1.54) is 11.3 Å². The first kappa shape index (κ1) is 10.1. The van der Waals surface area contributed by atoms with Gasteiger partial charge in [-0.25, -0.2) is 9.97 Å². The van der Waals surface area contributed by atoms with Crippen LogP contribution in [-0.2, 0) is 0 Å². The molecule has 0 fully saturated rings. The molecule has 1 unspecified atom stereocenters. The summed E-state index contributed by atoms with van der Waals surface area (Å²) in [6.07, 6.45) is 3.25. The van der Waals surface area contributed by atoms with E-state index in [1.54, 1.807) is 24.5 Å². The predicted octanol–water partition coefficient (Wildman–Crippen LogP) is 2.85. The number of nitriles is 1. The van der Waals surface area contributed by atoms with Crippen LogP contribution in [0.5, 0.6) is 0 Å². The highest BCUT2D eigenvalue weighted by atomic mass is 35.5. The minimum absolute atomic E-state index is 0.427. The molecular formula is C10H6ClN3S. The summed E-state index contributed by atoms with van der Waals surface area (Å²) in [6, 6.07) is 7.50. The monoisotopic (exact) mass is 235 g/mol. The van der Waals surface area contributed by atoms with Crippen molar-refractivity contribution in [2.24, 2.45) is 0 Å². The number of halogens is 1. The Balaban J connectivity index is 2.38. The average Bonchev–Trinajstić information content (AvgIpc) is 2.68. The molecule has 0 saturated carbocycles. The fraction of sp³-hybridized carbons (Fsp3) is 0.100. The molecule has 0 aliphatic carbocycles.